The smallest absolute Gasteiger partial charge is 0.00165 e. The molecule has 0 spiro atoms. The molecule has 23 heavy (non-hydrogen) atoms. The second-order valence-electron chi connectivity index (χ2n) is 9.58. The fraction of sp³-hybridized carbons (Fsp3) is 0.870. The van der Waals surface area contributed by atoms with Gasteiger partial charge in [0.1, 0.15) is 0 Å². The van der Waals surface area contributed by atoms with Crippen LogP contribution in [0.2, 0.25) is 0 Å². The summed E-state index contributed by atoms with van der Waals surface area (Å²) in [7, 11) is 0. The van der Waals surface area contributed by atoms with E-state index in [2.05, 4.69) is 32.2 Å². The van der Waals surface area contributed by atoms with E-state index in [0.29, 0.717) is 10.8 Å². The van der Waals surface area contributed by atoms with Crippen molar-refractivity contribution in [3.05, 3.63) is 18.4 Å². The van der Waals surface area contributed by atoms with E-state index in [-0.39, 0.29) is 0 Å². The Bertz CT molecular complexity index is 498. The van der Waals surface area contributed by atoms with Crippen molar-refractivity contribution < 1.29 is 0 Å². The fourth-order valence-corrected chi connectivity index (χ4v) is 8.20. The lowest BCUT2D eigenvalue weighted by atomic mass is 9.44. The third-order valence-corrected chi connectivity index (χ3v) is 9.21. The van der Waals surface area contributed by atoms with Crippen molar-refractivity contribution in [3.63, 3.8) is 0 Å². The summed E-state index contributed by atoms with van der Waals surface area (Å²) in [5.41, 5.74) is 4.39. The molecule has 0 aromatic heterocycles. The molecule has 0 nitrogen and oxygen atoms in total. The quantitative estimate of drug-likeness (QED) is 0.494. The zero-order valence-corrected chi connectivity index (χ0v) is 15.4. The van der Waals surface area contributed by atoms with Crippen molar-refractivity contribution in [1.82, 2.24) is 0 Å². The highest BCUT2D eigenvalue weighted by atomic mass is 14.6. The molecule has 0 aliphatic heterocycles. The van der Waals surface area contributed by atoms with Crippen LogP contribution in [-0.2, 0) is 0 Å². The highest BCUT2D eigenvalue weighted by Gasteiger charge is 2.60. The van der Waals surface area contributed by atoms with Gasteiger partial charge in [0.05, 0.1) is 0 Å². The Morgan fingerprint density at radius 2 is 1.87 bits per heavy atom. The van der Waals surface area contributed by atoms with Crippen LogP contribution in [0.3, 0.4) is 0 Å². The molecule has 4 aliphatic carbocycles. The molecular weight excluding hydrogens is 276 g/mol. The predicted octanol–water partition coefficient (Wildman–Crippen LogP) is 6.77. The van der Waals surface area contributed by atoms with E-state index in [1.165, 1.54) is 70.6 Å². The molecule has 0 bridgehead atoms. The summed E-state index contributed by atoms with van der Waals surface area (Å²) in [6, 6.07) is 0. The maximum Gasteiger partial charge on any atom is 0.00165 e. The molecule has 0 aromatic carbocycles. The Hall–Kier alpha value is -0.480. The summed E-state index contributed by atoms with van der Waals surface area (Å²) in [4.78, 5) is 0. The van der Waals surface area contributed by atoms with Gasteiger partial charge in [-0.1, -0.05) is 39.7 Å². The van der Waals surface area contributed by atoms with Crippen LogP contribution in [0.25, 0.3) is 0 Å². The lowest BCUT2D eigenvalue weighted by Gasteiger charge is -2.60. The van der Waals surface area contributed by atoms with Crippen molar-refractivity contribution in [1.29, 1.82) is 0 Å². The third kappa shape index (κ3) is 2.17. The molecule has 4 fully saturated rings. The van der Waals surface area contributed by atoms with Crippen molar-refractivity contribution in [2.24, 2.45) is 40.4 Å². The molecule has 4 aliphatic rings. The number of rotatable bonds is 2. The van der Waals surface area contributed by atoms with Crippen LogP contribution in [0.1, 0.15) is 84.5 Å². The molecule has 4 rings (SSSR count). The van der Waals surface area contributed by atoms with E-state index in [1.54, 1.807) is 0 Å². The fourth-order valence-electron chi connectivity index (χ4n) is 8.20. The zero-order valence-electron chi connectivity index (χ0n) is 15.4. The van der Waals surface area contributed by atoms with Gasteiger partial charge in [0.2, 0.25) is 0 Å². The van der Waals surface area contributed by atoms with E-state index in [1.807, 2.05) is 0 Å². The first kappa shape index (κ1) is 16.0. The molecular formula is C23H36. The minimum absolute atomic E-state index is 0.468. The molecule has 128 valence electrons. The standard InChI is InChI=1S/C23H36/c1-4-14-23-16-13-20-19(21(23)12-10-17(23)5-2)11-9-18-8-6-7-15-22(18,20)3/h14,17-21H,1,5-13,15-16H2,2-3H3/t17-,18?,19+,20-,21-,22-,23+/m0/s1. The van der Waals surface area contributed by atoms with Crippen molar-refractivity contribution in [2.75, 3.05) is 0 Å². The summed E-state index contributed by atoms with van der Waals surface area (Å²) in [5, 5.41) is 0. The maximum atomic E-state index is 3.98. The number of hydrogen-bond donors (Lipinski definition) is 0. The van der Waals surface area contributed by atoms with Crippen LogP contribution in [0.5, 0.6) is 0 Å². The summed E-state index contributed by atoms with van der Waals surface area (Å²) in [6.07, 6.45) is 18.8. The van der Waals surface area contributed by atoms with Crippen LogP contribution in [0.15, 0.2) is 18.4 Å². The van der Waals surface area contributed by atoms with Gasteiger partial charge in [0.25, 0.3) is 0 Å². The molecule has 0 N–H and O–H groups in total. The topological polar surface area (TPSA) is 0 Å². The summed E-state index contributed by atoms with van der Waals surface area (Å²) < 4.78 is 0. The van der Waals surface area contributed by atoms with Crippen LogP contribution in [-0.4, -0.2) is 0 Å². The van der Waals surface area contributed by atoms with Crippen LogP contribution < -0.4 is 0 Å². The van der Waals surface area contributed by atoms with Gasteiger partial charge >= 0.3 is 0 Å². The Kier molecular flexibility index (Phi) is 4.04. The summed E-state index contributed by atoms with van der Waals surface area (Å²) in [5.74, 6) is 4.92. The van der Waals surface area contributed by atoms with Gasteiger partial charge in [-0.3, -0.25) is 0 Å². The Balaban J connectivity index is 1.67. The van der Waals surface area contributed by atoms with Crippen LogP contribution in [0, 0.1) is 40.4 Å². The SMILES string of the molecule is C=C=C[C@]12CC[C@H]3[C@@H](CCC4CCCC[C@@]43C)[C@@H]1CC[C@@H]2CC. The second kappa shape index (κ2) is 5.80. The number of fused-ring (bicyclic) bond motifs is 5. The minimum atomic E-state index is 0.468. The van der Waals surface area contributed by atoms with Gasteiger partial charge in [0, 0.05) is 5.41 Å². The number of hydrogen-bond acceptors (Lipinski definition) is 0. The van der Waals surface area contributed by atoms with E-state index >= 15 is 0 Å². The van der Waals surface area contributed by atoms with Gasteiger partial charge in [-0.2, -0.15) is 0 Å². The first-order valence-electron chi connectivity index (χ1n) is 10.5. The van der Waals surface area contributed by atoms with E-state index in [0.717, 1.165) is 29.6 Å². The highest BCUT2D eigenvalue weighted by molar-refractivity contribution is 5.15. The van der Waals surface area contributed by atoms with Gasteiger partial charge in [0.15, 0.2) is 0 Å². The van der Waals surface area contributed by atoms with E-state index in [4.69, 9.17) is 0 Å². The van der Waals surface area contributed by atoms with Crippen molar-refractivity contribution >= 4 is 0 Å². The average molecular weight is 313 g/mol. The molecule has 0 aromatic rings. The zero-order chi connectivity index (χ0) is 16.1. The normalized spacial score (nSPS) is 52.0. The lowest BCUT2D eigenvalue weighted by molar-refractivity contribution is -0.103. The Morgan fingerprint density at radius 3 is 2.65 bits per heavy atom. The second-order valence-corrected chi connectivity index (χ2v) is 9.58. The van der Waals surface area contributed by atoms with Gasteiger partial charge < -0.3 is 0 Å². The molecule has 0 heteroatoms. The first-order valence-corrected chi connectivity index (χ1v) is 10.5. The average Bonchev–Trinajstić information content (AvgIpc) is 2.93. The maximum absolute atomic E-state index is 3.98. The Morgan fingerprint density at radius 1 is 1.00 bits per heavy atom. The molecule has 7 atom stereocenters. The lowest BCUT2D eigenvalue weighted by Crippen LogP contribution is -2.52. The molecule has 0 saturated heterocycles. The third-order valence-electron chi connectivity index (χ3n) is 9.21. The van der Waals surface area contributed by atoms with Gasteiger partial charge in [-0.25, -0.2) is 0 Å². The van der Waals surface area contributed by atoms with E-state index in [9.17, 15) is 0 Å². The molecule has 0 radical (unpaired) electrons. The monoisotopic (exact) mass is 312 g/mol. The van der Waals surface area contributed by atoms with Crippen molar-refractivity contribution in [3.8, 4) is 0 Å². The largest absolute Gasteiger partial charge is 0.132 e. The van der Waals surface area contributed by atoms with E-state index < -0.39 is 0 Å². The van der Waals surface area contributed by atoms with Gasteiger partial charge in [-0.05, 0) is 92.4 Å². The first-order chi connectivity index (χ1) is 11.2. The number of allylic oxidation sites excluding steroid dienone is 1. The summed E-state index contributed by atoms with van der Waals surface area (Å²) in [6.45, 7) is 9.09. The predicted molar refractivity (Wildman–Crippen MR) is 98.2 cm³/mol. The van der Waals surface area contributed by atoms with Crippen molar-refractivity contribution in [2.45, 2.75) is 84.5 Å². The highest BCUT2D eigenvalue weighted by Crippen LogP contribution is 2.68. The molecule has 4 saturated carbocycles. The van der Waals surface area contributed by atoms with Gasteiger partial charge in [-0.15, -0.1) is 5.73 Å². The summed E-state index contributed by atoms with van der Waals surface area (Å²) >= 11 is 0. The Labute approximate surface area is 143 Å². The van der Waals surface area contributed by atoms with Crippen LogP contribution in [0.4, 0.5) is 0 Å². The molecule has 1 unspecified atom stereocenters. The van der Waals surface area contributed by atoms with Crippen LogP contribution >= 0.6 is 0 Å². The molecule has 0 amide bonds. The molecule has 0 heterocycles. The minimum Gasteiger partial charge on any atom is -0.132 e.